The highest BCUT2D eigenvalue weighted by atomic mass is 32.1. The van der Waals surface area contributed by atoms with Gasteiger partial charge in [0.05, 0.1) is 4.88 Å². The molecule has 0 aromatic carbocycles. The van der Waals surface area contributed by atoms with Crippen LogP contribution in [0.5, 0.6) is 0 Å². The number of hydrogen-bond donors (Lipinski definition) is 1. The number of hydrogen-bond acceptors (Lipinski definition) is 4. The topological polar surface area (TPSA) is 45.2 Å². The summed E-state index contributed by atoms with van der Waals surface area (Å²) in [6, 6.07) is 7.60. The lowest BCUT2D eigenvalue weighted by atomic mass is 10.2. The first kappa shape index (κ1) is 15.2. The number of nitrogens with zero attached hydrogens (tertiary/aromatic N) is 2. The average Bonchev–Trinajstić information content (AvgIpc) is 2.85. The monoisotopic (exact) mass is 315 g/mol. The number of amides is 1. The summed E-state index contributed by atoms with van der Waals surface area (Å²) in [6.45, 7) is 3.32. The molecule has 5 heteroatoms. The number of anilines is 1. The second kappa shape index (κ2) is 7.51. The van der Waals surface area contributed by atoms with E-state index in [1.807, 2.05) is 6.07 Å². The molecule has 2 aromatic rings. The number of rotatable bonds is 4. The van der Waals surface area contributed by atoms with E-state index >= 15 is 0 Å². The Morgan fingerprint density at radius 3 is 2.55 bits per heavy atom. The van der Waals surface area contributed by atoms with Gasteiger partial charge in [-0.05, 0) is 50.2 Å². The maximum absolute atomic E-state index is 12.2. The van der Waals surface area contributed by atoms with Gasteiger partial charge in [0.15, 0.2) is 0 Å². The van der Waals surface area contributed by atoms with Crippen LogP contribution in [0, 0.1) is 0 Å². The van der Waals surface area contributed by atoms with Gasteiger partial charge in [-0.25, -0.2) is 0 Å². The van der Waals surface area contributed by atoms with Crippen molar-refractivity contribution in [3.8, 4) is 0 Å². The zero-order valence-electron chi connectivity index (χ0n) is 12.6. The largest absolute Gasteiger partial charge is 0.321 e. The highest BCUT2D eigenvalue weighted by molar-refractivity contribution is 7.14. The van der Waals surface area contributed by atoms with E-state index in [1.54, 1.807) is 35.9 Å². The molecule has 0 saturated carbocycles. The van der Waals surface area contributed by atoms with Crippen LogP contribution in [0.3, 0.4) is 0 Å². The number of nitrogens with one attached hydrogen (secondary N) is 1. The molecule has 0 atom stereocenters. The van der Waals surface area contributed by atoms with Gasteiger partial charge < -0.3 is 5.32 Å². The number of carbonyl (C=O) groups excluding carboxylic acids is 1. The van der Waals surface area contributed by atoms with E-state index in [4.69, 9.17) is 0 Å². The van der Waals surface area contributed by atoms with Crippen LogP contribution in [-0.4, -0.2) is 28.9 Å². The van der Waals surface area contributed by atoms with Gasteiger partial charge in [0.2, 0.25) is 0 Å². The number of carbonyl (C=O) groups is 1. The quantitative estimate of drug-likeness (QED) is 0.934. The van der Waals surface area contributed by atoms with E-state index in [1.165, 1.54) is 43.6 Å². The minimum atomic E-state index is -0.0432. The summed E-state index contributed by atoms with van der Waals surface area (Å²) in [4.78, 5) is 20.7. The first-order valence-electron chi connectivity index (χ1n) is 7.84. The second-order valence-electron chi connectivity index (χ2n) is 5.65. The molecule has 0 bridgehead atoms. The molecule has 1 aliphatic heterocycles. The summed E-state index contributed by atoms with van der Waals surface area (Å²) in [6.07, 6.45) is 8.63. The van der Waals surface area contributed by atoms with Crippen molar-refractivity contribution >= 4 is 22.9 Å². The van der Waals surface area contributed by atoms with Crippen LogP contribution >= 0.6 is 11.3 Å². The Morgan fingerprint density at radius 2 is 1.82 bits per heavy atom. The Bertz CT molecular complexity index is 603. The lowest BCUT2D eigenvalue weighted by molar-refractivity contribution is 0.103. The van der Waals surface area contributed by atoms with Gasteiger partial charge in [0.25, 0.3) is 5.91 Å². The molecule has 0 spiro atoms. The van der Waals surface area contributed by atoms with Gasteiger partial charge in [0.1, 0.15) is 0 Å². The summed E-state index contributed by atoms with van der Waals surface area (Å²) in [5.41, 5.74) is 0.780. The summed E-state index contributed by atoms with van der Waals surface area (Å²) in [7, 11) is 0. The van der Waals surface area contributed by atoms with Crippen LogP contribution in [0.4, 0.5) is 5.69 Å². The van der Waals surface area contributed by atoms with E-state index < -0.39 is 0 Å². The average molecular weight is 315 g/mol. The van der Waals surface area contributed by atoms with Gasteiger partial charge in [-0.2, -0.15) is 0 Å². The highest BCUT2D eigenvalue weighted by Gasteiger charge is 2.13. The zero-order valence-corrected chi connectivity index (χ0v) is 13.4. The fourth-order valence-corrected chi connectivity index (χ4v) is 3.67. The van der Waals surface area contributed by atoms with Crippen molar-refractivity contribution in [3.05, 3.63) is 46.4 Å². The van der Waals surface area contributed by atoms with Crippen molar-refractivity contribution in [2.75, 3.05) is 18.4 Å². The van der Waals surface area contributed by atoms with Gasteiger partial charge >= 0.3 is 0 Å². The molecular formula is C17H21N3OS. The van der Waals surface area contributed by atoms with Crippen LogP contribution < -0.4 is 5.32 Å². The summed E-state index contributed by atoms with van der Waals surface area (Å²) in [5.74, 6) is -0.0432. The van der Waals surface area contributed by atoms with Crippen molar-refractivity contribution in [3.63, 3.8) is 0 Å². The first-order chi connectivity index (χ1) is 10.8. The first-order valence-corrected chi connectivity index (χ1v) is 8.65. The zero-order chi connectivity index (χ0) is 15.2. The second-order valence-corrected chi connectivity index (χ2v) is 6.81. The van der Waals surface area contributed by atoms with E-state index in [0.717, 1.165) is 17.1 Å². The molecule has 2 aromatic heterocycles. The molecule has 1 fully saturated rings. The lowest BCUT2D eigenvalue weighted by Gasteiger charge is -2.18. The smallest absolute Gasteiger partial charge is 0.265 e. The third kappa shape index (κ3) is 4.15. The third-order valence-corrected chi connectivity index (χ3v) is 4.97. The van der Waals surface area contributed by atoms with Crippen LogP contribution in [0.15, 0.2) is 36.7 Å². The molecule has 0 unspecified atom stereocenters. The molecule has 0 radical (unpaired) electrons. The van der Waals surface area contributed by atoms with Crippen LogP contribution in [0.1, 0.15) is 40.2 Å². The van der Waals surface area contributed by atoms with Crippen molar-refractivity contribution in [1.29, 1.82) is 0 Å². The predicted octanol–water partition coefficient (Wildman–Crippen LogP) is 3.77. The minimum absolute atomic E-state index is 0.0432. The van der Waals surface area contributed by atoms with E-state index in [9.17, 15) is 4.79 Å². The molecule has 4 nitrogen and oxygen atoms in total. The number of likely N-dealkylation sites (tertiary alicyclic amines) is 1. The maximum atomic E-state index is 12.2. The molecular weight excluding hydrogens is 294 g/mol. The summed E-state index contributed by atoms with van der Waals surface area (Å²) >= 11 is 1.59. The summed E-state index contributed by atoms with van der Waals surface area (Å²) in [5, 5.41) is 2.90. The van der Waals surface area contributed by atoms with Crippen molar-refractivity contribution in [1.82, 2.24) is 9.88 Å². The molecule has 1 saturated heterocycles. The fraction of sp³-hybridized carbons (Fsp3) is 0.412. The highest BCUT2D eigenvalue weighted by Crippen LogP contribution is 2.21. The van der Waals surface area contributed by atoms with Crippen LogP contribution in [0.25, 0.3) is 0 Å². The van der Waals surface area contributed by atoms with E-state index in [0.29, 0.717) is 0 Å². The Hall–Kier alpha value is -1.72. The lowest BCUT2D eigenvalue weighted by Crippen LogP contribution is -2.23. The van der Waals surface area contributed by atoms with Gasteiger partial charge in [0, 0.05) is 29.5 Å². The Balaban J connectivity index is 1.59. The maximum Gasteiger partial charge on any atom is 0.265 e. The molecule has 3 rings (SSSR count). The fourth-order valence-electron chi connectivity index (χ4n) is 2.73. The number of pyridine rings is 1. The standard InChI is InChI=1S/C17H21N3OS/c21-17(19-14-7-9-18-10-8-14)16-6-5-15(22-16)13-20-11-3-1-2-4-12-20/h5-10H,1-4,11-13H2,(H,18,19,21). The normalized spacial score (nSPS) is 16.2. The molecule has 1 N–H and O–H groups in total. The van der Waals surface area contributed by atoms with Gasteiger partial charge in [-0.1, -0.05) is 12.8 Å². The third-order valence-electron chi connectivity index (χ3n) is 3.90. The van der Waals surface area contributed by atoms with Crippen molar-refractivity contribution in [2.24, 2.45) is 0 Å². The summed E-state index contributed by atoms with van der Waals surface area (Å²) < 4.78 is 0. The molecule has 3 heterocycles. The molecule has 0 aliphatic carbocycles. The Morgan fingerprint density at radius 1 is 1.09 bits per heavy atom. The van der Waals surface area contributed by atoms with Crippen molar-refractivity contribution in [2.45, 2.75) is 32.2 Å². The Kier molecular flexibility index (Phi) is 5.19. The van der Waals surface area contributed by atoms with Gasteiger partial charge in [-0.15, -0.1) is 11.3 Å². The molecule has 1 aliphatic rings. The molecule has 22 heavy (non-hydrogen) atoms. The van der Waals surface area contributed by atoms with Crippen molar-refractivity contribution < 1.29 is 4.79 Å². The van der Waals surface area contributed by atoms with Crippen LogP contribution in [0.2, 0.25) is 0 Å². The predicted molar refractivity (Wildman–Crippen MR) is 90.3 cm³/mol. The molecule has 1 amide bonds. The number of aromatic nitrogens is 1. The van der Waals surface area contributed by atoms with Crippen LogP contribution in [-0.2, 0) is 6.54 Å². The van der Waals surface area contributed by atoms with Gasteiger partial charge in [-0.3, -0.25) is 14.7 Å². The number of thiophene rings is 1. The minimum Gasteiger partial charge on any atom is -0.321 e. The Labute approximate surface area is 135 Å². The van der Waals surface area contributed by atoms with E-state index in [-0.39, 0.29) is 5.91 Å². The van der Waals surface area contributed by atoms with E-state index in [2.05, 4.69) is 21.3 Å². The SMILES string of the molecule is O=C(Nc1ccncc1)c1ccc(CN2CCCCCC2)s1. The molecule has 116 valence electrons.